The molecule has 1 aliphatic rings. The molecular weight excluding hydrogens is 358 g/mol. The standard InChI is InChI=1S/C19H16ClNO5/c1-23-15-9-8-11(16(24-2)17(15)25-3)10-14-19(22)26-18(21-14)12-6-4-5-7-13(12)20/h4-10H,1-3H3/b14-10-. The van der Waals surface area contributed by atoms with Crippen molar-refractivity contribution in [2.24, 2.45) is 4.99 Å². The highest BCUT2D eigenvalue weighted by molar-refractivity contribution is 6.34. The number of nitrogens with zero attached hydrogens (tertiary/aromatic N) is 1. The van der Waals surface area contributed by atoms with Crippen LogP contribution in [0.5, 0.6) is 17.2 Å². The lowest BCUT2D eigenvalue weighted by atomic mass is 10.1. The summed E-state index contributed by atoms with van der Waals surface area (Å²) < 4.78 is 21.3. The molecule has 1 heterocycles. The molecule has 0 unspecified atom stereocenters. The summed E-state index contributed by atoms with van der Waals surface area (Å²) in [5.74, 6) is 0.948. The molecule has 0 N–H and O–H groups in total. The molecular formula is C19H16ClNO5. The van der Waals surface area contributed by atoms with Gasteiger partial charge in [0.2, 0.25) is 11.6 Å². The summed E-state index contributed by atoms with van der Waals surface area (Å²) in [6.07, 6.45) is 1.56. The molecule has 0 saturated heterocycles. The summed E-state index contributed by atoms with van der Waals surface area (Å²) in [6, 6.07) is 10.5. The molecule has 7 heteroatoms. The van der Waals surface area contributed by atoms with Crippen LogP contribution in [0.25, 0.3) is 6.08 Å². The molecule has 0 aromatic heterocycles. The molecule has 0 saturated carbocycles. The predicted octanol–water partition coefficient (Wildman–Crippen LogP) is 3.71. The van der Waals surface area contributed by atoms with Gasteiger partial charge in [-0.25, -0.2) is 9.79 Å². The van der Waals surface area contributed by atoms with Crippen LogP contribution in [0.15, 0.2) is 47.1 Å². The van der Waals surface area contributed by atoms with Gasteiger partial charge >= 0.3 is 5.97 Å². The van der Waals surface area contributed by atoms with E-state index in [0.29, 0.717) is 33.4 Å². The third-order valence-electron chi connectivity index (χ3n) is 3.75. The van der Waals surface area contributed by atoms with Gasteiger partial charge in [-0.1, -0.05) is 23.7 Å². The van der Waals surface area contributed by atoms with Gasteiger partial charge in [-0.2, -0.15) is 0 Å². The second kappa shape index (κ2) is 7.49. The highest BCUT2D eigenvalue weighted by Crippen LogP contribution is 2.41. The van der Waals surface area contributed by atoms with Crippen LogP contribution in [0, 0.1) is 0 Å². The summed E-state index contributed by atoms with van der Waals surface area (Å²) in [6.45, 7) is 0. The smallest absolute Gasteiger partial charge is 0.363 e. The van der Waals surface area contributed by atoms with E-state index in [1.165, 1.54) is 21.3 Å². The van der Waals surface area contributed by atoms with Crippen LogP contribution >= 0.6 is 11.6 Å². The number of carbonyl (C=O) groups excluding carboxylic acids is 1. The van der Waals surface area contributed by atoms with Crippen LogP contribution in [0.4, 0.5) is 0 Å². The van der Waals surface area contributed by atoms with Gasteiger partial charge in [0.25, 0.3) is 0 Å². The fourth-order valence-electron chi connectivity index (χ4n) is 2.54. The van der Waals surface area contributed by atoms with Crippen molar-refractivity contribution in [2.75, 3.05) is 21.3 Å². The zero-order valence-electron chi connectivity index (χ0n) is 14.4. The number of rotatable bonds is 5. The second-order valence-corrected chi connectivity index (χ2v) is 5.65. The van der Waals surface area contributed by atoms with Crippen LogP contribution in [0.3, 0.4) is 0 Å². The van der Waals surface area contributed by atoms with Crippen molar-refractivity contribution in [3.63, 3.8) is 0 Å². The maximum absolute atomic E-state index is 12.2. The Balaban J connectivity index is 2.05. The van der Waals surface area contributed by atoms with E-state index >= 15 is 0 Å². The molecule has 0 amide bonds. The Hall–Kier alpha value is -2.99. The summed E-state index contributed by atoms with van der Waals surface area (Å²) in [4.78, 5) is 16.5. The van der Waals surface area contributed by atoms with E-state index in [9.17, 15) is 4.79 Å². The molecule has 0 aliphatic carbocycles. The Labute approximate surface area is 155 Å². The molecule has 3 rings (SSSR count). The average molecular weight is 374 g/mol. The quantitative estimate of drug-likeness (QED) is 0.590. The Bertz CT molecular complexity index is 920. The average Bonchev–Trinajstić information content (AvgIpc) is 3.01. The maximum atomic E-state index is 12.2. The van der Waals surface area contributed by atoms with Crippen molar-refractivity contribution in [1.82, 2.24) is 0 Å². The predicted molar refractivity (Wildman–Crippen MR) is 98.2 cm³/mol. The number of halogens is 1. The van der Waals surface area contributed by atoms with Gasteiger partial charge in [0.15, 0.2) is 17.2 Å². The lowest BCUT2D eigenvalue weighted by molar-refractivity contribution is -0.129. The van der Waals surface area contributed by atoms with Crippen LogP contribution in [-0.4, -0.2) is 33.2 Å². The first-order chi connectivity index (χ1) is 12.6. The number of methoxy groups -OCH3 is 3. The molecule has 1 aliphatic heterocycles. The van der Waals surface area contributed by atoms with Crippen LogP contribution in [-0.2, 0) is 9.53 Å². The SMILES string of the molecule is COc1ccc(/C=C2\N=C(c3ccccc3Cl)OC2=O)c(OC)c1OC. The molecule has 0 spiro atoms. The van der Waals surface area contributed by atoms with Crippen molar-refractivity contribution in [1.29, 1.82) is 0 Å². The number of cyclic esters (lactones) is 1. The van der Waals surface area contributed by atoms with E-state index in [1.807, 2.05) is 0 Å². The molecule has 0 atom stereocenters. The second-order valence-electron chi connectivity index (χ2n) is 5.24. The van der Waals surface area contributed by atoms with Gasteiger partial charge in [-0.15, -0.1) is 0 Å². The summed E-state index contributed by atoms with van der Waals surface area (Å²) in [5, 5.41) is 0.448. The van der Waals surface area contributed by atoms with E-state index in [-0.39, 0.29) is 11.6 Å². The normalized spacial score (nSPS) is 14.8. The number of benzene rings is 2. The minimum absolute atomic E-state index is 0.130. The molecule has 0 bridgehead atoms. The summed E-state index contributed by atoms with van der Waals surface area (Å²) in [7, 11) is 4.55. The zero-order valence-corrected chi connectivity index (χ0v) is 15.2. The minimum Gasteiger partial charge on any atom is -0.493 e. The third-order valence-corrected chi connectivity index (χ3v) is 4.08. The van der Waals surface area contributed by atoms with E-state index in [0.717, 1.165) is 0 Å². The van der Waals surface area contributed by atoms with Crippen LogP contribution in [0.2, 0.25) is 5.02 Å². The van der Waals surface area contributed by atoms with Gasteiger partial charge in [-0.3, -0.25) is 0 Å². The van der Waals surface area contributed by atoms with Gasteiger partial charge in [-0.05, 0) is 30.3 Å². The van der Waals surface area contributed by atoms with Gasteiger partial charge in [0.05, 0.1) is 31.9 Å². The van der Waals surface area contributed by atoms with Gasteiger partial charge in [0, 0.05) is 5.56 Å². The van der Waals surface area contributed by atoms with E-state index in [4.69, 9.17) is 30.5 Å². The first-order valence-electron chi connectivity index (χ1n) is 7.65. The van der Waals surface area contributed by atoms with Crippen molar-refractivity contribution in [2.45, 2.75) is 0 Å². The van der Waals surface area contributed by atoms with E-state index < -0.39 is 5.97 Å². The Morgan fingerprint density at radius 3 is 2.38 bits per heavy atom. The fraction of sp³-hybridized carbons (Fsp3) is 0.158. The largest absolute Gasteiger partial charge is 0.493 e. The van der Waals surface area contributed by atoms with Crippen molar-refractivity contribution in [3.05, 3.63) is 58.2 Å². The maximum Gasteiger partial charge on any atom is 0.363 e. The number of hydrogen-bond donors (Lipinski definition) is 0. The first kappa shape index (κ1) is 17.8. The van der Waals surface area contributed by atoms with Gasteiger partial charge < -0.3 is 18.9 Å². The topological polar surface area (TPSA) is 66.4 Å². The lowest BCUT2D eigenvalue weighted by Gasteiger charge is -2.14. The van der Waals surface area contributed by atoms with Crippen molar-refractivity contribution >= 4 is 29.5 Å². The van der Waals surface area contributed by atoms with Crippen LogP contribution in [0.1, 0.15) is 11.1 Å². The molecule has 2 aromatic carbocycles. The molecule has 6 nitrogen and oxygen atoms in total. The first-order valence-corrected chi connectivity index (χ1v) is 8.03. The number of carbonyl (C=O) groups is 1. The monoisotopic (exact) mass is 373 g/mol. The number of esters is 1. The highest BCUT2D eigenvalue weighted by atomic mass is 35.5. The Morgan fingerprint density at radius 2 is 1.73 bits per heavy atom. The molecule has 0 radical (unpaired) electrons. The molecule has 0 fully saturated rings. The van der Waals surface area contributed by atoms with E-state index in [1.54, 1.807) is 42.5 Å². The van der Waals surface area contributed by atoms with E-state index in [2.05, 4.69) is 4.99 Å². The zero-order chi connectivity index (χ0) is 18.7. The Kier molecular flexibility index (Phi) is 5.14. The van der Waals surface area contributed by atoms with Gasteiger partial charge in [0.1, 0.15) is 0 Å². The fourth-order valence-corrected chi connectivity index (χ4v) is 2.76. The van der Waals surface area contributed by atoms with Crippen molar-refractivity contribution < 1.29 is 23.7 Å². The minimum atomic E-state index is -0.572. The summed E-state index contributed by atoms with van der Waals surface area (Å²) in [5.41, 5.74) is 1.27. The molecule has 134 valence electrons. The Morgan fingerprint density at radius 1 is 1.00 bits per heavy atom. The van der Waals surface area contributed by atoms with Crippen LogP contribution < -0.4 is 14.2 Å². The number of aliphatic imine (C=N–C) groups is 1. The number of hydrogen-bond acceptors (Lipinski definition) is 6. The third kappa shape index (κ3) is 3.23. The molecule has 26 heavy (non-hydrogen) atoms. The summed E-state index contributed by atoms with van der Waals surface area (Å²) >= 11 is 6.14. The lowest BCUT2D eigenvalue weighted by Crippen LogP contribution is -2.05. The molecule has 2 aromatic rings. The highest BCUT2D eigenvalue weighted by Gasteiger charge is 2.26. The number of ether oxygens (including phenoxy) is 4. The van der Waals surface area contributed by atoms with Crippen molar-refractivity contribution in [3.8, 4) is 17.2 Å².